The van der Waals surface area contributed by atoms with E-state index >= 15 is 0 Å². The smallest absolute Gasteiger partial charge is 0.238 e. The third kappa shape index (κ3) is 3.79. The number of thiophene rings is 2. The molecule has 1 N–H and O–H groups in total. The maximum atomic E-state index is 13.0. The Hall–Kier alpha value is -1.95. The molecule has 0 fully saturated rings. The first-order valence-corrected chi connectivity index (χ1v) is 11.7. The van der Waals surface area contributed by atoms with E-state index in [0.29, 0.717) is 6.54 Å². The number of nitrogens with zero attached hydrogens (tertiary/aromatic N) is 1. The number of carbonyl (C=O) groups is 1. The van der Waals surface area contributed by atoms with Gasteiger partial charge in [-0.3, -0.25) is 9.69 Å². The van der Waals surface area contributed by atoms with Crippen molar-refractivity contribution in [2.45, 2.75) is 39.2 Å². The second kappa shape index (κ2) is 8.60. The van der Waals surface area contributed by atoms with E-state index in [2.05, 4.69) is 71.2 Å². The number of para-hydroxylation sites is 1. The molecule has 1 aliphatic rings. The predicted molar refractivity (Wildman–Crippen MR) is 120 cm³/mol. The maximum absolute atomic E-state index is 13.0. The zero-order valence-corrected chi connectivity index (χ0v) is 18.0. The van der Waals surface area contributed by atoms with Crippen molar-refractivity contribution in [2.75, 3.05) is 18.4 Å². The first-order valence-electron chi connectivity index (χ1n) is 9.95. The van der Waals surface area contributed by atoms with E-state index in [1.807, 2.05) is 11.3 Å². The van der Waals surface area contributed by atoms with Crippen molar-refractivity contribution >= 4 is 34.3 Å². The average molecular weight is 411 g/mol. The van der Waals surface area contributed by atoms with Crippen LogP contribution in [0.5, 0.6) is 0 Å². The number of carbonyl (C=O) groups excluding carboxylic acids is 1. The highest BCUT2D eigenvalue weighted by Gasteiger charge is 2.31. The van der Waals surface area contributed by atoms with Crippen LogP contribution < -0.4 is 5.32 Å². The zero-order valence-electron chi connectivity index (χ0n) is 16.4. The van der Waals surface area contributed by atoms with Crippen molar-refractivity contribution in [3.8, 4) is 0 Å². The summed E-state index contributed by atoms with van der Waals surface area (Å²) in [5.41, 5.74) is 4.80. The molecule has 0 bridgehead atoms. The number of aryl methyl sites for hydroxylation is 2. The first-order chi connectivity index (χ1) is 13.7. The molecule has 1 aromatic carbocycles. The standard InChI is InChI=1S/C23H26N2OS2/c1-3-16-7-5-8-17(4-2)22(16)24-21(26)15-25-12-10-19-18(11-14-28-19)23(25)20-9-6-13-27-20/h5-9,11,13-14,23H,3-4,10,12,15H2,1-2H3,(H,24,26)/t23-/m0/s1. The van der Waals surface area contributed by atoms with Gasteiger partial charge in [-0.15, -0.1) is 22.7 Å². The Kier molecular flexibility index (Phi) is 5.95. The molecule has 4 rings (SSSR count). The van der Waals surface area contributed by atoms with Crippen LogP contribution in [-0.2, 0) is 24.1 Å². The first kappa shape index (κ1) is 19.4. The summed E-state index contributed by atoms with van der Waals surface area (Å²) >= 11 is 3.61. The lowest BCUT2D eigenvalue weighted by atomic mass is 9.98. The Morgan fingerprint density at radius 2 is 1.86 bits per heavy atom. The molecule has 2 aromatic heterocycles. The summed E-state index contributed by atoms with van der Waals surface area (Å²) in [6.07, 6.45) is 2.86. The van der Waals surface area contributed by atoms with Gasteiger partial charge in [-0.25, -0.2) is 0 Å². The van der Waals surface area contributed by atoms with Crippen LogP contribution in [0.25, 0.3) is 0 Å². The Balaban J connectivity index is 1.56. The number of hydrogen-bond acceptors (Lipinski definition) is 4. The molecule has 5 heteroatoms. The molecule has 0 saturated carbocycles. The summed E-state index contributed by atoms with van der Waals surface area (Å²) in [6.45, 7) is 5.61. The molecule has 28 heavy (non-hydrogen) atoms. The SMILES string of the molecule is CCc1cccc(CC)c1NC(=O)CN1CCc2sccc2[C@H]1c1cccs1. The average Bonchev–Trinajstić information content (AvgIpc) is 3.39. The molecule has 3 aromatic rings. The highest BCUT2D eigenvalue weighted by Crippen LogP contribution is 2.39. The Bertz CT molecular complexity index is 923. The van der Waals surface area contributed by atoms with Crippen LogP contribution in [0.3, 0.4) is 0 Å². The fraction of sp³-hybridized carbons (Fsp3) is 0.348. The maximum Gasteiger partial charge on any atom is 0.238 e. The van der Waals surface area contributed by atoms with Crippen molar-refractivity contribution in [1.82, 2.24) is 4.90 Å². The minimum Gasteiger partial charge on any atom is -0.324 e. The number of fused-ring (bicyclic) bond motifs is 1. The fourth-order valence-electron chi connectivity index (χ4n) is 4.09. The molecular formula is C23H26N2OS2. The lowest BCUT2D eigenvalue weighted by Gasteiger charge is -2.35. The van der Waals surface area contributed by atoms with E-state index < -0.39 is 0 Å². The van der Waals surface area contributed by atoms with Gasteiger partial charge >= 0.3 is 0 Å². The van der Waals surface area contributed by atoms with E-state index in [1.54, 1.807) is 11.3 Å². The van der Waals surface area contributed by atoms with Gasteiger partial charge < -0.3 is 5.32 Å². The van der Waals surface area contributed by atoms with Gasteiger partial charge in [-0.05, 0) is 58.8 Å². The summed E-state index contributed by atoms with van der Waals surface area (Å²) in [5, 5.41) is 7.54. The molecule has 0 unspecified atom stereocenters. The van der Waals surface area contributed by atoms with Crippen LogP contribution in [0.2, 0.25) is 0 Å². The quantitative estimate of drug-likeness (QED) is 0.580. The van der Waals surface area contributed by atoms with Crippen LogP contribution in [0.4, 0.5) is 5.69 Å². The van der Waals surface area contributed by atoms with Crippen molar-refractivity contribution < 1.29 is 4.79 Å². The minimum absolute atomic E-state index is 0.0795. The van der Waals surface area contributed by atoms with Gasteiger partial charge in [0.25, 0.3) is 0 Å². The predicted octanol–water partition coefficient (Wildman–Crippen LogP) is 5.52. The Labute approximate surface area is 175 Å². The third-order valence-electron chi connectivity index (χ3n) is 5.49. The van der Waals surface area contributed by atoms with Gasteiger partial charge in [0.1, 0.15) is 0 Å². The zero-order chi connectivity index (χ0) is 19.5. The highest BCUT2D eigenvalue weighted by molar-refractivity contribution is 7.10. The molecule has 1 aliphatic heterocycles. The number of amides is 1. The topological polar surface area (TPSA) is 32.3 Å². The molecule has 1 amide bonds. The van der Waals surface area contributed by atoms with E-state index in [-0.39, 0.29) is 11.9 Å². The summed E-state index contributed by atoms with van der Waals surface area (Å²) in [6, 6.07) is 13.0. The van der Waals surface area contributed by atoms with Crippen LogP contribution in [0.15, 0.2) is 47.2 Å². The second-order valence-corrected chi connectivity index (χ2v) is 9.12. The number of hydrogen-bond donors (Lipinski definition) is 1. The summed E-state index contributed by atoms with van der Waals surface area (Å²) in [5.74, 6) is 0.0795. The van der Waals surface area contributed by atoms with Crippen LogP contribution in [-0.4, -0.2) is 23.9 Å². The summed E-state index contributed by atoms with van der Waals surface area (Å²) in [7, 11) is 0. The van der Waals surface area contributed by atoms with E-state index in [1.165, 1.54) is 26.4 Å². The van der Waals surface area contributed by atoms with Crippen LogP contribution in [0.1, 0.15) is 46.3 Å². The lowest BCUT2D eigenvalue weighted by Crippen LogP contribution is -2.40. The minimum atomic E-state index is 0.0795. The van der Waals surface area contributed by atoms with Gasteiger partial charge in [0.05, 0.1) is 12.6 Å². The molecule has 146 valence electrons. The molecule has 3 nitrogen and oxygen atoms in total. The van der Waals surface area contributed by atoms with E-state index in [4.69, 9.17) is 0 Å². The Morgan fingerprint density at radius 1 is 1.07 bits per heavy atom. The van der Waals surface area contributed by atoms with Crippen molar-refractivity contribution in [3.63, 3.8) is 0 Å². The van der Waals surface area contributed by atoms with Gasteiger partial charge in [0.2, 0.25) is 5.91 Å². The molecular weight excluding hydrogens is 384 g/mol. The highest BCUT2D eigenvalue weighted by atomic mass is 32.1. The number of anilines is 1. The third-order valence-corrected chi connectivity index (χ3v) is 7.41. The molecule has 0 saturated heterocycles. The van der Waals surface area contributed by atoms with Gasteiger partial charge in [-0.1, -0.05) is 38.1 Å². The van der Waals surface area contributed by atoms with E-state index in [9.17, 15) is 4.79 Å². The molecule has 0 radical (unpaired) electrons. The molecule has 0 aliphatic carbocycles. The van der Waals surface area contributed by atoms with Crippen molar-refractivity contribution in [2.24, 2.45) is 0 Å². The lowest BCUT2D eigenvalue weighted by molar-refractivity contribution is -0.117. The normalized spacial score (nSPS) is 16.7. The summed E-state index contributed by atoms with van der Waals surface area (Å²) < 4.78 is 0. The monoisotopic (exact) mass is 410 g/mol. The second-order valence-electron chi connectivity index (χ2n) is 7.14. The number of benzene rings is 1. The molecule has 3 heterocycles. The van der Waals surface area contributed by atoms with Gasteiger partial charge in [0.15, 0.2) is 0 Å². The number of rotatable bonds is 6. The largest absolute Gasteiger partial charge is 0.324 e. The summed E-state index contributed by atoms with van der Waals surface area (Å²) in [4.78, 5) is 18.1. The van der Waals surface area contributed by atoms with Crippen LogP contribution in [0, 0.1) is 0 Å². The number of nitrogens with one attached hydrogen (secondary N) is 1. The van der Waals surface area contributed by atoms with Gasteiger partial charge in [-0.2, -0.15) is 0 Å². The van der Waals surface area contributed by atoms with E-state index in [0.717, 1.165) is 31.5 Å². The molecule has 0 spiro atoms. The van der Waals surface area contributed by atoms with Crippen molar-refractivity contribution in [1.29, 1.82) is 0 Å². The van der Waals surface area contributed by atoms with Crippen LogP contribution >= 0.6 is 22.7 Å². The van der Waals surface area contributed by atoms with Gasteiger partial charge in [0, 0.05) is 22.0 Å². The molecule has 1 atom stereocenters. The fourth-order valence-corrected chi connectivity index (χ4v) is 5.87. The Morgan fingerprint density at radius 3 is 2.54 bits per heavy atom. The van der Waals surface area contributed by atoms with Crippen molar-refractivity contribution in [3.05, 3.63) is 73.6 Å².